The van der Waals surface area contributed by atoms with E-state index in [-0.39, 0.29) is 36.3 Å². The molecule has 3 aromatic carbocycles. The van der Waals surface area contributed by atoms with E-state index in [2.05, 4.69) is 37.0 Å². The molecule has 1 aliphatic carbocycles. The Morgan fingerprint density at radius 1 is 1.07 bits per heavy atom. The molecule has 4 aromatic rings. The maximum Gasteiger partial charge on any atom is 0.312 e. The molecule has 0 N–H and O–H groups in total. The lowest BCUT2D eigenvalue weighted by Gasteiger charge is -2.22. The van der Waals surface area contributed by atoms with E-state index >= 15 is 0 Å². The van der Waals surface area contributed by atoms with Gasteiger partial charge in [0.15, 0.2) is 11.5 Å². The number of nitro benzene ring substituents is 1. The molecular formula is C29H24Br2N4O6. The quantitative estimate of drug-likeness (QED) is 0.116. The van der Waals surface area contributed by atoms with Crippen LogP contribution in [0.1, 0.15) is 55.0 Å². The summed E-state index contributed by atoms with van der Waals surface area (Å²) >= 11 is 6.86. The standard InChI is InChI=1S/C29H24Br2N4O6/c30-20-7-8-23-21(13-20)29(36)34(28(33-23)19-4-2-1-3-5-19)32-14-18-10-22(31)27(24(11-18)35(37)38)39-15-17-6-9-25-26(12-17)41-16-40-25/h6-14,19H,1-5,15-16H2. The third-order valence-corrected chi connectivity index (χ3v) is 8.27. The number of benzene rings is 3. The largest absolute Gasteiger partial charge is 0.481 e. The van der Waals surface area contributed by atoms with Crippen molar-refractivity contribution in [3.8, 4) is 17.2 Å². The van der Waals surface area contributed by atoms with E-state index in [1.165, 1.54) is 17.0 Å². The van der Waals surface area contributed by atoms with E-state index in [0.29, 0.717) is 38.3 Å². The van der Waals surface area contributed by atoms with E-state index in [1.54, 1.807) is 24.3 Å². The molecule has 41 heavy (non-hydrogen) atoms. The highest BCUT2D eigenvalue weighted by atomic mass is 79.9. The summed E-state index contributed by atoms with van der Waals surface area (Å²) in [7, 11) is 0. The molecule has 210 valence electrons. The van der Waals surface area contributed by atoms with Gasteiger partial charge in [0.25, 0.3) is 5.56 Å². The summed E-state index contributed by atoms with van der Waals surface area (Å²) in [6, 6.07) is 13.8. The normalized spacial score (nSPS) is 15.1. The average Bonchev–Trinajstić information content (AvgIpc) is 3.44. The summed E-state index contributed by atoms with van der Waals surface area (Å²) in [4.78, 5) is 29.9. The first kappa shape index (κ1) is 27.4. The van der Waals surface area contributed by atoms with Gasteiger partial charge in [-0.05, 0) is 70.7 Å². The van der Waals surface area contributed by atoms with Crippen molar-refractivity contribution >= 4 is 54.7 Å². The van der Waals surface area contributed by atoms with Crippen molar-refractivity contribution in [2.75, 3.05) is 6.79 Å². The van der Waals surface area contributed by atoms with Crippen LogP contribution in [0.25, 0.3) is 10.9 Å². The van der Waals surface area contributed by atoms with Crippen LogP contribution in [0.3, 0.4) is 0 Å². The highest BCUT2D eigenvalue weighted by Gasteiger charge is 2.24. The summed E-state index contributed by atoms with van der Waals surface area (Å²) in [5.74, 6) is 2.05. The number of hydrogen-bond donors (Lipinski definition) is 0. The zero-order valence-electron chi connectivity index (χ0n) is 21.7. The minimum Gasteiger partial charge on any atom is -0.481 e. The fourth-order valence-electron chi connectivity index (χ4n) is 5.17. The molecule has 1 aromatic heterocycles. The Morgan fingerprint density at radius 2 is 1.88 bits per heavy atom. The summed E-state index contributed by atoms with van der Waals surface area (Å²) < 4.78 is 19.1. The van der Waals surface area contributed by atoms with E-state index < -0.39 is 4.92 Å². The molecule has 10 nitrogen and oxygen atoms in total. The third kappa shape index (κ3) is 5.71. The van der Waals surface area contributed by atoms with Gasteiger partial charge in [0.2, 0.25) is 12.5 Å². The first-order valence-electron chi connectivity index (χ1n) is 13.1. The highest BCUT2D eigenvalue weighted by molar-refractivity contribution is 9.10. The second-order valence-electron chi connectivity index (χ2n) is 9.91. The van der Waals surface area contributed by atoms with Crippen molar-refractivity contribution < 1.29 is 19.1 Å². The van der Waals surface area contributed by atoms with Crippen LogP contribution in [0.15, 0.2) is 67.4 Å². The number of hydrogen-bond acceptors (Lipinski definition) is 8. The van der Waals surface area contributed by atoms with Crippen LogP contribution in [-0.2, 0) is 6.61 Å². The summed E-state index contributed by atoms with van der Waals surface area (Å²) in [5, 5.41) is 17.0. The Labute approximate surface area is 251 Å². The number of ether oxygens (including phenoxy) is 3. The van der Waals surface area contributed by atoms with Gasteiger partial charge in [0.1, 0.15) is 12.4 Å². The molecule has 6 rings (SSSR count). The Morgan fingerprint density at radius 3 is 2.68 bits per heavy atom. The molecule has 0 amide bonds. The first-order chi connectivity index (χ1) is 19.9. The smallest absolute Gasteiger partial charge is 0.312 e. The van der Waals surface area contributed by atoms with Crippen LogP contribution in [0.2, 0.25) is 0 Å². The van der Waals surface area contributed by atoms with Crippen molar-refractivity contribution in [2.24, 2.45) is 5.10 Å². The zero-order chi connectivity index (χ0) is 28.5. The van der Waals surface area contributed by atoms with Crippen molar-refractivity contribution in [1.82, 2.24) is 9.66 Å². The molecule has 2 aliphatic rings. The number of halogens is 2. The van der Waals surface area contributed by atoms with Crippen LogP contribution in [-0.4, -0.2) is 27.6 Å². The summed E-state index contributed by atoms with van der Waals surface area (Å²) in [6.45, 7) is 0.239. The van der Waals surface area contributed by atoms with Crippen molar-refractivity contribution in [3.05, 3.63) is 94.9 Å². The van der Waals surface area contributed by atoms with Gasteiger partial charge in [-0.25, -0.2) is 4.98 Å². The van der Waals surface area contributed by atoms with Crippen LogP contribution in [0.4, 0.5) is 5.69 Å². The van der Waals surface area contributed by atoms with Crippen LogP contribution < -0.4 is 19.8 Å². The third-order valence-electron chi connectivity index (χ3n) is 7.19. The predicted octanol–water partition coefficient (Wildman–Crippen LogP) is 7.07. The molecule has 0 spiro atoms. The van der Waals surface area contributed by atoms with Crippen LogP contribution in [0.5, 0.6) is 17.2 Å². The lowest BCUT2D eigenvalue weighted by Crippen LogP contribution is -2.25. The molecule has 1 fully saturated rings. The molecule has 0 bridgehead atoms. The molecular weight excluding hydrogens is 660 g/mol. The van der Waals surface area contributed by atoms with Crippen molar-refractivity contribution in [3.63, 3.8) is 0 Å². The Bertz CT molecular complexity index is 1750. The predicted molar refractivity (Wildman–Crippen MR) is 160 cm³/mol. The van der Waals surface area contributed by atoms with E-state index in [0.717, 1.165) is 42.1 Å². The summed E-state index contributed by atoms with van der Waals surface area (Å²) in [6.07, 6.45) is 6.59. The fourth-order valence-corrected chi connectivity index (χ4v) is 6.11. The van der Waals surface area contributed by atoms with Crippen LogP contribution in [0, 0.1) is 10.1 Å². The molecule has 2 heterocycles. The molecule has 12 heteroatoms. The van der Waals surface area contributed by atoms with Gasteiger partial charge in [0, 0.05) is 22.0 Å². The van der Waals surface area contributed by atoms with E-state index in [9.17, 15) is 14.9 Å². The maximum atomic E-state index is 13.6. The fraction of sp³-hybridized carbons (Fsp3) is 0.276. The second-order valence-corrected chi connectivity index (χ2v) is 11.7. The lowest BCUT2D eigenvalue weighted by molar-refractivity contribution is -0.386. The van der Waals surface area contributed by atoms with Gasteiger partial charge in [-0.3, -0.25) is 14.9 Å². The summed E-state index contributed by atoms with van der Waals surface area (Å²) in [5.41, 5.74) is 1.29. The number of nitrogens with zero attached hydrogens (tertiary/aromatic N) is 4. The molecule has 0 unspecified atom stereocenters. The van der Waals surface area contributed by atoms with Gasteiger partial charge in [-0.15, -0.1) is 0 Å². The van der Waals surface area contributed by atoms with Gasteiger partial charge in [-0.2, -0.15) is 9.78 Å². The average molecular weight is 684 g/mol. The molecule has 1 saturated carbocycles. The van der Waals surface area contributed by atoms with E-state index in [1.807, 2.05) is 18.2 Å². The number of fused-ring (bicyclic) bond motifs is 2. The zero-order valence-corrected chi connectivity index (χ0v) is 24.9. The maximum absolute atomic E-state index is 13.6. The SMILES string of the molecule is O=c1c2cc(Br)ccc2nc(C2CCCCC2)n1N=Cc1cc(Br)c(OCc2ccc3c(c2)OCO3)c([N+](=O)[O-])c1. The second kappa shape index (κ2) is 11.6. The minimum atomic E-state index is -0.508. The van der Waals surface area contributed by atoms with Gasteiger partial charge in [-0.1, -0.05) is 41.3 Å². The van der Waals surface area contributed by atoms with Gasteiger partial charge >= 0.3 is 5.69 Å². The first-order valence-corrected chi connectivity index (χ1v) is 14.7. The number of aromatic nitrogens is 2. The highest BCUT2D eigenvalue weighted by Crippen LogP contribution is 2.38. The minimum absolute atomic E-state index is 0.0853. The molecule has 1 aliphatic heterocycles. The number of nitro groups is 1. The molecule has 0 saturated heterocycles. The Kier molecular flexibility index (Phi) is 7.76. The van der Waals surface area contributed by atoms with Crippen molar-refractivity contribution in [2.45, 2.75) is 44.6 Å². The lowest BCUT2D eigenvalue weighted by atomic mass is 9.88. The van der Waals surface area contributed by atoms with Crippen molar-refractivity contribution in [1.29, 1.82) is 0 Å². The topological polar surface area (TPSA) is 118 Å². The van der Waals surface area contributed by atoms with E-state index in [4.69, 9.17) is 19.2 Å². The number of rotatable bonds is 7. The molecule has 0 atom stereocenters. The molecule has 0 radical (unpaired) electrons. The van der Waals surface area contributed by atoms with Gasteiger partial charge in [0.05, 0.1) is 26.5 Å². The monoisotopic (exact) mass is 682 g/mol. The Balaban J connectivity index is 1.34. The Hall–Kier alpha value is -3.77. The van der Waals surface area contributed by atoms with Gasteiger partial charge < -0.3 is 14.2 Å². The van der Waals surface area contributed by atoms with Crippen LogP contribution >= 0.6 is 31.9 Å².